The minimum absolute atomic E-state index is 0.0404. The van der Waals surface area contributed by atoms with E-state index in [4.69, 9.17) is 14.7 Å². The zero-order chi connectivity index (χ0) is 22.8. The van der Waals surface area contributed by atoms with Crippen LogP contribution in [0, 0.1) is 0 Å². The Bertz CT molecular complexity index is 1120. The van der Waals surface area contributed by atoms with Crippen LogP contribution in [0.4, 0.5) is 5.82 Å². The Morgan fingerprint density at radius 2 is 1.79 bits per heavy atom. The number of aromatic nitrogens is 2. The zero-order valence-electron chi connectivity index (χ0n) is 19.5. The van der Waals surface area contributed by atoms with Crippen molar-refractivity contribution >= 4 is 33.3 Å². The van der Waals surface area contributed by atoms with Crippen LogP contribution in [-0.2, 0) is 17.6 Å². The van der Waals surface area contributed by atoms with Crippen molar-refractivity contribution in [3.05, 3.63) is 46.6 Å². The highest BCUT2D eigenvalue weighted by Gasteiger charge is 2.27. The minimum Gasteiger partial charge on any atom is -0.484 e. The Kier molecular flexibility index (Phi) is 6.49. The van der Waals surface area contributed by atoms with Crippen LogP contribution in [0.1, 0.15) is 55.3 Å². The quantitative estimate of drug-likeness (QED) is 0.507. The summed E-state index contributed by atoms with van der Waals surface area (Å²) in [5.41, 5.74) is 1.48. The average molecular weight is 465 g/mol. The Morgan fingerprint density at radius 3 is 2.55 bits per heavy atom. The normalized spacial score (nSPS) is 16.7. The molecule has 1 amide bonds. The molecule has 6 nitrogen and oxygen atoms in total. The summed E-state index contributed by atoms with van der Waals surface area (Å²) in [5, 5.41) is 1.27. The van der Waals surface area contributed by atoms with Gasteiger partial charge in [-0.2, -0.15) is 0 Å². The van der Waals surface area contributed by atoms with E-state index in [0.717, 1.165) is 48.2 Å². The van der Waals surface area contributed by atoms with Crippen LogP contribution < -0.4 is 9.64 Å². The first-order valence-corrected chi connectivity index (χ1v) is 12.9. The van der Waals surface area contributed by atoms with Crippen molar-refractivity contribution < 1.29 is 9.53 Å². The van der Waals surface area contributed by atoms with Crippen LogP contribution >= 0.6 is 11.3 Å². The molecule has 5 rings (SSSR count). The third-order valence-corrected chi connectivity index (χ3v) is 7.80. The lowest BCUT2D eigenvalue weighted by Crippen LogP contribution is -2.50. The smallest absolute Gasteiger partial charge is 0.260 e. The molecule has 2 aromatic heterocycles. The van der Waals surface area contributed by atoms with Gasteiger partial charge in [-0.05, 0) is 43.4 Å². The van der Waals surface area contributed by atoms with Gasteiger partial charge in [0.05, 0.1) is 5.39 Å². The molecule has 0 N–H and O–H groups in total. The zero-order valence-corrected chi connectivity index (χ0v) is 20.4. The van der Waals surface area contributed by atoms with Crippen LogP contribution in [0.2, 0.25) is 0 Å². The molecule has 33 heavy (non-hydrogen) atoms. The minimum atomic E-state index is 0.0404. The summed E-state index contributed by atoms with van der Waals surface area (Å²) in [4.78, 5) is 29.7. The number of benzene rings is 1. The molecule has 1 aromatic carbocycles. The third-order valence-electron chi connectivity index (χ3n) is 6.62. The molecule has 0 radical (unpaired) electrons. The number of carbonyl (C=O) groups excluding carboxylic acids is 1. The SMILES string of the molecule is CC(C)c1nc(N2CCN(C(=O)COc3ccccc3)CC2)c2c3c(sc2n1)CCCCC3. The number of rotatable bonds is 5. The Balaban J connectivity index is 1.34. The maximum absolute atomic E-state index is 12.7. The topological polar surface area (TPSA) is 58.6 Å². The van der Waals surface area contributed by atoms with Crippen molar-refractivity contribution in [3.63, 3.8) is 0 Å². The molecule has 1 aliphatic carbocycles. The van der Waals surface area contributed by atoms with Gasteiger partial charge >= 0.3 is 0 Å². The van der Waals surface area contributed by atoms with Gasteiger partial charge in [0.2, 0.25) is 0 Å². The van der Waals surface area contributed by atoms with Crippen molar-refractivity contribution in [3.8, 4) is 5.75 Å². The molecule has 0 bridgehead atoms. The Labute approximate surface area is 199 Å². The van der Waals surface area contributed by atoms with Gasteiger partial charge in [-0.25, -0.2) is 9.97 Å². The predicted octanol–water partition coefficient (Wildman–Crippen LogP) is 4.81. The van der Waals surface area contributed by atoms with E-state index >= 15 is 0 Å². The molecule has 1 aliphatic heterocycles. The fourth-order valence-electron chi connectivity index (χ4n) is 4.74. The van der Waals surface area contributed by atoms with Crippen LogP contribution in [-0.4, -0.2) is 53.6 Å². The van der Waals surface area contributed by atoms with Crippen molar-refractivity contribution in [1.29, 1.82) is 0 Å². The van der Waals surface area contributed by atoms with E-state index in [1.54, 1.807) is 0 Å². The Hall–Kier alpha value is -2.67. The number of ether oxygens (including phenoxy) is 1. The maximum Gasteiger partial charge on any atom is 0.260 e. The van der Waals surface area contributed by atoms with Crippen molar-refractivity contribution in [2.24, 2.45) is 0 Å². The standard InChI is InChI=1S/C26H32N4O2S/c1-18(2)24-27-25(23-20-11-7-4-8-12-21(20)33-26(23)28-24)30-15-13-29(14-16-30)22(31)17-32-19-9-5-3-6-10-19/h3,5-6,9-10,18H,4,7-8,11-17H2,1-2H3. The van der Waals surface area contributed by atoms with Gasteiger partial charge in [0.15, 0.2) is 6.61 Å². The number of piperazine rings is 1. The number of aryl methyl sites for hydroxylation is 2. The van der Waals surface area contributed by atoms with Gasteiger partial charge in [0.1, 0.15) is 22.2 Å². The molecule has 0 spiro atoms. The molecule has 1 saturated heterocycles. The highest BCUT2D eigenvalue weighted by molar-refractivity contribution is 7.19. The second-order valence-corrected chi connectivity index (χ2v) is 10.4. The van der Waals surface area contributed by atoms with Crippen molar-refractivity contribution in [2.75, 3.05) is 37.7 Å². The van der Waals surface area contributed by atoms with Gasteiger partial charge in [-0.1, -0.05) is 38.5 Å². The maximum atomic E-state index is 12.7. The highest BCUT2D eigenvalue weighted by Crippen LogP contribution is 2.40. The second-order valence-electron chi connectivity index (χ2n) is 9.27. The lowest BCUT2D eigenvalue weighted by Gasteiger charge is -2.36. The number of hydrogen-bond donors (Lipinski definition) is 0. The van der Waals surface area contributed by atoms with E-state index in [1.165, 1.54) is 35.1 Å². The molecule has 2 aliphatic rings. The number of nitrogens with zero attached hydrogens (tertiary/aromatic N) is 4. The van der Waals surface area contributed by atoms with Crippen LogP contribution in [0.3, 0.4) is 0 Å². The monoisotopic (exact) mass is 464 g/mol. The molecule has 3 aromatic rings. The van der Waals surface area contributed by atoms with Gasteiger partial charge in [-0.15, -0.1) is 11.3 Å². The molecule has 0 atom stereocenters. The van der Waals surface area contributed by atoms with Crippen LogP contribution in [0.5, 0.6) is 5.75 Å². The molecular formula is C26H32N4O2S. The number of hydrogen-bond acceptors (Lipinski definition) is 6. The lowest BCUT2D eigenvalue weighted by molar-refractivity contribution is -0.133. The molecule has 3 heterocycles. The van der Waals surface area contributed by atoms with E-state index in [-0.39, 0.29) is 18.4 Å². The van der Waals surface area contributed by atoms with Gasteiger partial charge < -0.3 is 14.5 Å². The summed E-state index contributed by atoms with van der Waals surface area (Å²) in [5.74, 6) is 3.05. The van der Waals surface area contributed by atoms with Gasteiger partial charge in [-0.3, -0.25) is 4.79 Å². The molecule has 174 valence electrons. The molecule has 1 fully saturated rings. The van der Waals surface area contributed by atoms with Crippen LogP contribution in [0.25, 0.3) is 10.2 Å². The van der Waals surface area contributed by atoms with E-state index in [1.807, 2.05) is 46.6 Å². The summed E-state index contributed by atoms with van der Waals surface area (Å²) >= 11 is 1.87. The summed E-state index contributed by atoms with van der Waals surface area (Å²) < 4.78 is 5.67. The van der Waals surface area contributed by atoms with Gasteiger partial charge in [0, 0.05) is 37.0 Å². The number of fused-ring (bicyclic) bond motifs is 3. The highest BCUT2D eigenvalue weighted by atomic mass is 32.1. The number of carbonyl (C=O) groups is 1. The molecular weight excluding hydrogens is 432 g/mol. The van der Waals surface area contributed by atoms with Crippen molar-refractivity contribution in [2.45, 2.75) is 51.9 Å². The van der Waals surface area contributed by atoms with E-state index in [0.29, 0.717) is 13.1 Å². The first-order valence-electron chi connectivity index (χ1n) is 12.1. The average Bonchev–Trinajstić information content (AvgIpc) is 3.03. The summed E-state index contributed by atoms with van der Waals surface area (Å²) in [6.45, 7) is 7.34. The first-order chi connectivity index (χ1) is 16.1. The largest absolute Gasteiger partial charge is 0.484 e. The number of amides is 1. The number of para-hydroxylation sites is 1. The lowest BCUT2D eigenvalue weighted by atomic mass is 10.1. The summed E-state index contributed by atoms with van der Waals surface area (Å²) in [6.07, 6.45) is 6.10. The predicted molar refractivity (Wildman–Crippen MR) is 133 cm³/mol. The second kappa shape index (κ2) is 9.67. The van der Waals surface area contributed by atoms with E-state index < -0.39 is 0 Å². The fourth-order valence-corrected chi connectivity index (χ4v) is 6.00. The number of anilines is 1. The molecule has 7 heteroatoms. The van der Waals surface area contributed by atoms with E-state index in [9.17, 15) is 4.79 Å². The van der Waals surface area contributed by atoms with E-state index in [2.05, 4.69) is 18.7 Å². The molecule has 0 saturated carbocycles. The first kappa shape index (κ1) is 22.1. The summed E-state index contributed by atoms with van der Waals surface area (Å²) in [6, 6.07) is 9.52. The fraction of sp³-hybridized carbons (Fsp3) is 0.500. The van der Waals surface area contributed by atoms with Crippen LogP contribution in [0.15, 0.2) is 30.3 Å². The molecule has 0 unspecified atom stereocenters. The van der Waals surface area contributed by atoms with Crippen molar-refractivity contribution in [1.82, 2.24) is 14.9 Å². The third kappa shape index (κ3) is 4.69. The summed E-state index contributed by atoms with van der Waals surface area (Å²) in [7, 11) is 0. The number of thiophene rings is 1. The Morgan fingerprint density at radius 1 is 1.03 bits per heavy atom. The van der Waals surface area contributed by atoms with Gasteiger partial charge in [0.25, 0.3) is 5.91 Å².